The van der Waals surface area contributed by atoms with E-state index >= 15 is 0 Å². The van der Waals surface area contributed by atoms with E-state index in [2.05, 4.69) is 10.2 Å². The number of aromatic amines is 1. The van der Waals surface area contributed by atoms with Gasteiger partial charge in [0.05, 0.1) is 10.6 Å². The van der Waals surface area contributed by atoms with Crippen LogP contribution in [-0.4, -0.2) is 15.1 Å². The highest BCUT2D eigenvalue weighted by atomic mass is 16.6. The molecule has 0 saturated carbocycles. The van der Waals surface area contributed by atoms with Crippen LogP contribution in [0.3, 0.4) is 0 Å². The van der Waals surface area contributed by atoms with Gasteiger partial charge in [0.2, 0.25) is 0 Å². The average molecular weight is 285 g/mol. The molecular formula is C15H15N3O3. The molecule has 0 saturated heterocycles. The van der Waals surface area contributed by atoms with Gasteiger partial charge in [0.25, 0.3) is 11.2 Å². The average Bonchev–Trinajstić information content (AvgIpc) is 2.51. The Labute approximate surface area is 121 Å². The number of fused-ring (bicyclic) bond motifs is 1. The summed E-state index contributed by atoms with van der Waals surface area (Å²) < 4.78 is 0. The summed E-state index contributed by atoms with van der Waals surface area (Å²) >= 11 is 0. The molecule has 1 heterocycles. The molecule has 0 spiro atoms. The Bertz CT molecular complexity index is 752. The minimum Gasteiger partial charge on any atom is -0.268 e. The van der Waals surface area contributed by atoms with Gasteiger partial charge in [-0.25, -0.2) is 5.10 Å². The molecule has 3 rings (SSSR count). The van der Waals surface area contributed by atoms with Crippen molar-refractivity contribution in [2.24, 2.45) is 0 Å². The van der Waals surface area contributed by atoms with Crippen molar-refractivity contribution >= 4 is 5.69 Å². The maximum Gasteiger partial charge on any atom is 0.272 e. The third kappa shape index (κ3) is 2.56. The lowest BCUT2D eigenvalue weighted by atomic mass is 9.90. The third-order valence-corrected chi connectivity index (χ3v) is 3.93. The molecule has 0 amide bonds. The molecule has 0 atom stereocenters. The molecule has 0 radical (unpaired) electrons. The Morgan fingerprint density at radius 2 is 1.90 bits per heavy atom. The predicted octanol–water partition coefficient (Wildman–Crippen LogP) is 2.15. The van der Waals surface area contributed by atoms with Crippen molar-refractivity contribution in [1.29, 1.82) is 0 Å². The molecule has 6 heteroatoms. The van der Waals surface area contributed by atoms with Gasteiger partial charge in [-0.2, -0.15) is 5.10 Å². The largest absolute Gasteiger partial charge is 0.272 e. The van der Waals surface area contributed by atoms with Crippen molar-refractivity contribution in [2.45, 2.75) is 32.1 Å². The molecule has 0 bridgehead atoms. The lowest BCUT2D eigenvalue weighted by Gasteiger charge is -2.17. The van der Waals surface area contributed by atoms with E-state index in [1.165, 1.54) is 6.07 Å². The fraction of sp³-hybridized carbons (Fsp3) is 0.333. The summed E-state index contributed by atoms with van der Waals surface area (Å²) in [6.07, 6.45) is 3.99. The number of nitro groups is 1. The molecule has 0 aliphatic heterocycles. The highest BCUT2D eigenvalue weighted by Gasteiger charge is 2.20. The summed E-state index contributed by atoms with van der Waals surface area (Å²) in [5.74, 6) is 0. The van der Waals surface area contributed by atoms with Crippen molar-refractivity contribution in [2.75, 3.05) is 0 Å². The van der Waals surface area contributed by atoms with Crippen LogP contribution in [0.25, 0.3) is 0 Å². The van der Waals surface area contributed by atoms with Crippen molar-refractivity contribution < 1.29 is 4.92 Å². The second-order valence-electron chi connectivity index (χ2n) is 5.23. The second kappa shape index (κ2) is 5.47. The van der Waals surface area contributed by atoms with E-state index in [4.69, 9.17) is 0 Å². The van der Waals surface area contributed by atoms with Crippen LogP contribution in [0, 0.1) is 10.1 Å². The summed E-state index contributed by atoms with van der Waals surface area (Å²) in [4.78, 5) is 22.5. The number of hydrogen-bond donors (Lipinski definition) is 1. The molecular weight excluding hydrogens is 270 g/mol. The molecule has 0 unspecified atom stereocenters. The number of H-pyrrole nitrogens is 1. The zero-order valence-electron chi connectivity index (χ0n) is 11.5. The first-order valence-electron chi connectivity index (χ1n) is 6.98. The van der Waals surface area contributed by atoms with E-state index in [1.54, 1.807) is 18.2 Å². The van der Waals surface area contributed by atoms with Crippen LogP contribution in [0.4, 0.5) is 5.69 Å². The number of nitrogens with zero attached hydrogens (tertiary/aromatic N) is 2. The van der Waals surface area contributed by atoms with Gasteiger partial charge in [0, 0.05) is 23.6 Å². The SMILES string of the molecule is O=c1[nH]nc(Cc2ccccc2[N+](=O)[O-])c2c1CCCC2. The van der Waals surface area contributed by atoms with Gasteiger partial charge in [-0.05, 0) is 31.2 Å². The van der Waals surface area contributed by atoms with Crippen LogP contribution < -0.4 is 5.56 Å². The van der Waals surface area contributed by atoms with Crippen LogP contribution in [-0.2, 0) is 19.3 Å². The van der Waals surface area contributed by atoms with Crippen molar-refractivity contribution in [1.82, 2.24) is 10.2 Å². The Balaban J connectivity index is 2.04. The first kappa shape index (κ1) is 13.5. The Hall–Kier alpha value is -2.50. The smallest absolute Gasteiger partial charge is 0.268 e. The molecule has 6 nitrogen and oxygen atoms in total. The van der Waals surface area contributed by atoms with Crippen LogP contribution in [0.15, 0.2) is 29.1 Å². The van der Waals surface area contributed by atoms with Gasteiger partial charge < -0.3 is 0 Å². The molecule has 1 N–H and O–H groups in total. The van der Waals surface area contributed by atoms with E-state index in [0.717, 1.165) is 42.5 Å². The van der Waals surface area contributed by atoms with Gasteiger partial charge in [-0.3, -0.25) is 14.9 Å². The minimum atomic E-state index is -0.381. The van der Waals surface area contributed by atoms with Gasteiger partial charge in [0.1, 0.15) is 0 Å². The van der Waals surface area contributed by atoms with E-state index in [0.29, 0.717) is 12.0 Å². The standard InChI is InChI=1S/C15H15N3O3/c19-15-12-7-3-2-6-11(12)13(16-17-15)9-10-5-1-4-8-14(10)18(20)21/h1,4-5,8H,2-3,6-7,9H2,(H,17,19). The number of aromatic nitrogens is 2. The number of hydrogen-bond acceptors (Lipinski definition) is 4. The first-order valence-corrected chi connectivity index (χ1v) is 6.98. The normalized spacial score (nSPS) is 13.7. The number of nitro benzene ring substituents is 1. The zero-order chi connectivity index (χ0) is 14.8. The molecule has 1 aromatic carbocycles. The van der Waals surface area contributed by atoms with Gasteiger partial charge in [-0.1, -0.05) is 18.2 Å². The quantitative estimate of drug-likeness (QED) is 0.691. The molecule has 108 valence electrons. The van der Waals surface area contributed by atoms with E-state index < -0.39 is 0 Å². The Morgan fingerprint density at radius 3 is 2.67 bits per heavy atom. The Kier molecular flexibility index (Phi) is 3.51. The van der Waals surface area contributed by atoms with Gasteiger partial charge in [-0.15, -0.1) is 0 Å². The van der Waals surface area contributed by atoms with E-state index in [1.807, 2.05) is 0 Å². The van der Waals surface area contributed by atoms with E-state index in [9.17, 15) is 14.9 Å². The highest BCUT2D eigenvalue weighted by Crippen LogP contribution is 2.25. The second-order valence-corrected chi connectivity index (χ2v) is 5.23. The molecule has 1 aliphatic rings. The van der Waals surface area contributed by atoms with Crippen LogP contribution in [0.1, 0.15) is 35.2 Å². The number of benzene rings is 1. The minimum absolute atomic E-state index is 0.0926. The summed E-state index contributed by atoms with van der Waals surface area (Å²) in [6.45, 7) is 0. The lowest BCUT2D eigenvalue weighted by Crippen LogP contribution is -2.23. The Morgan fingerprint density at radius 1 is 1.19 bits per heavy atom. The predicted molar refractivity (Wildman–Crippen MR) is 77.4 cm³/mol. The van der Waals surface area contributed by atoms with Crippen LogP contribution in [0.2, 0.25) is 0 Å². The number of nitrogens with one attached hydrogen (secondary N) is 1. The maximum absolute atomic E-state index is 11.8. The fourth-order valence-electron chi connectivity index (χ4n) is 2.89. The van der Waals surface area contributed by atoms with Crippen molar-refractivity contribution in [3.05, 3.63) is 67.1 Å². The summed E-state index contributed by atoms with van der Waals surface area (Å²) in [7, 11) is 0. The van der Waals surface area contributed by atoms with Gasteiger partial charge in [0.15, 0.2) is 0 Å². The number of para-hydroxylation sites is 1. The molecule has 1 aromatic heterocycles. The fourth-order valence-corrected chi connectivity index (χ4v) is 2.89. The number of rotatable bonds is 3. The summed E-state index contributed by atoms with van der Waals surface area (Å²) in [5, 5.41) is 17.7. The van der Waals surface area contributed by atoms with Crippen LogP contribution in [0.5, 0.6) is 0 Å². The summed E-state index contributed by atoms with van der Waals surface area (Å²) in [6, 6.07) is 6.66. The van der Waals surface area contributed by atoms with Crippen LogP contribution >= 0.6 is 0 Å². The topological polar surface area (TPSA) is 88.9 Å². The third-order valence-electron chi connectivity index (χ3n) is 3.93. The van der Waals surface area contributed by atoms with Crippen molar-refractivity contribution in [3.63, 3.8) is 0 Å². The molecule has 0 fully saturated rings. The van der Waals surface area contributed by atoms with Crippen molar-refractivity contribution in [3.8, 4) is 0 Å². The lowest BCUT2D eigenvalue weighted by molar-refractivity contribution is -0.385. The molecule has 2 aromatic rings. The maximum atomic E-state index is 11.8. The molecule has 1 aliphatic carbocycles. The highest BCUT2D eigenvalue weighted by molar-refractivity contribution is 5.43. The molecule has 21 heavy (non-hydrogen) atoms. The van der Waals surface area contributed by atoms with Gasteiger partial charge >= 0.3 is 0 Å². The van der Waals surface area contributed by atoms with E-state index in [-0.39, 0.29) is 16.2 Å². The monoisotopic (exact) mass is 285 g/mol. The summed E-state index contributed by atoms with van der Waals surface area (Å²) in [5.41, 5.74) is 3.10. The first-order chi connectivity index (χ1) is 10.2. The zero-order valence-corrected chi connectivity index (χ0v) is 11.5.